The molecule has 0 heterocycles. The molecule has 4 heteroatoms. The van der Waals surface area contributed by atoms with Gasteiger partial charge in [-0.2, -0.15) is 0 Å². The van der Waals surface area contributed by atoms with Crippen LogP contribution >= 0.6 is 0 Å². The highest BCUT2D eigenvalue weighted by molar-refractivity contribution is 5.89. The normalized spacial score (nSPS) is 16.4. The molecule has 104 valence electrons. The van der Waals surface area contributed by atoms with Gasteiger partial charge in [-0.05, 0) is 31.6 Å². The van der Waals surface area contributed by atoms with Gasteiger partial charge in [0.1, 0.15) is 0 Å². The zero-order valence-corrected chi connectivity index (χ0v) is 11.7. The molecule has 1 aliphatic carbocycles. The molecule has 0 aromatic rings. The van der Waals surface area contributed by atoms with E-state index in [-0.39, 0.29) is 17.7 Å². The Morgan fingerprint density at radius 2 is 1.78 bits per heavy atom. The van der Waals surface area contributed by atoms with Gasteiger partial charge in [-0.1, -0.05) is 26.7 Å². The van der Waals surface area contributed by atoms with Crippen LogP contribution in [-0.4, -0.2) is 25.0 Å². The predicted octanol–water partition coefficient (Wildman–Crippen LogP) is 2.91. The van der Waals surface area contributed by atoms with Crippen LogP contribution in [0.4, 0.5) is 4.79 Å². The second-order valence-corrected chi connectivity index (χ2v) is 5.13. The second-order valence-electron chi connectivity index (χ2n) is 5.13. The first-order valence-corrected chi connectivity index (χ1v) is 7.02. The Balaban J connectivity index is 2.64. The van der Waals surface area contributed by atoms with Crippen molar-refractivity contribution in [3.63, 3.8) is 0 Å². The van der Waals surface area contributed by atoms with Crippen LogP contribution in [0.1, 0.15) is 52.4 Å². The van der Waals surface area contributed by atoms with Crippen molar-refractivity contribution < 1.29 is 14.3 Å². The van der Waals surface area contributed by atoms with Crippen molar-refractivity contribution in [2.45, 2.75) is 58.4 Å². The Kier molecular flexibility index (Phi) is 6.16. The minimum Gasteiger partial charge on any atom is -0.453 e. The minimum atomic E-state index is -0.494. The Hall–Kier alpha value is -1.06. The van der Waals surface area contributed by atoms with Crippen LogP contribution in [0.15, 0.2) is 0 Å². The van der Waals surface area contributed by atoms with E-state index in [4.69, 9.17) is 0 Å². The van der Waals surface area contributed by atoms with Crippen molar-refractivity contribution in [1.82, 2.24) is 5.32 Å². The lowest BCUT2D eigenvalue weighted by Crippen LogP contribution is -2.45. The van der Waals surface area contributed by atoms with E-state index in [0.29, 0.717) is 5.92 Å². The van der Waals surface area contributed by atoms with Crippen LogP contribution in [-0.2, 0) is 9.53 Å². The number of amides is 1. The van der Waals surface area contributed by atoms with Crippen LogP contribution in [0.2, 0.25) is 0 Å². The minimum absolute atomic E-state index is 0.0859. The number of ether oxygens (including phenoxy) is 1. The van der Waals surface area contributed by atoms with E-state index in [1.54, 1.807) is 0 Å². The molecule has 0 aromatic carbocycles. The topological polar surface area (TPSA) is 55.4 Å². The number of Topliss-reactive ketones (excluding diaryl/α,β-unsaturated/α-hetero) is 1. The third kappa shape index (κ3) is 4.31. The van der Waals surface area contributed by atoms with Crippen LogP contribution in [0.25, 0.3) is 0 Å². The average molecular weight is 255 g/mol. The summed E-state index contributed by atoms with van der Waals surface area (Å²) in [5.41, 5.74) is 0. The molecule has 0 bridgehead atoms. The highest BCUT2D eigenvalue weighted by atomic mass is 16.5. The second kappa shape index (κ2) is 7.39. The summed E-state index contributed by atoms with van der Waals surface area (Å²) in [7, 11) is 1.33. The number of carbonyl (C=O) groups excluding carboxylic acids is 2. The molecule has 1 N–H and O–H groups in total. The van der Waals surface area contributed by atoms with Crippen LogP contribution in [0.3, 0.4) is 0 Å². The molecule has 0 unspecified atom stereocenters. The van der Waals surface area contributed by atoms with Gasteiger partial charge in [0.05, 0.1) is 13.2 Å². The van der Waals surface area contributed by atoms with E-state index < -0.39 is 6.09 Å². The summed E-state index contributed by atoms with van der Waals surface area (Å²) in [5, 5.41) is 2.71. The van der Waals surface area contributed by atoms with E-state index in [1.165, 1.54) is 7.11 Å². The van der Waals surface area contributed by atoms with E-state index >= 15 is 0 Å². The van der Waals surface area contributed by atoms with Crippen LogP contribution in [0, 0.1) is 11.8 Å². The molecule has 1 atom stereocenters. The summed E-state index contributed by atoms with van der Waals surface area (Å²) in [6.07, 6.45) is 5.42. The molecule has 1 amide bonds. The highest BCUT2D eigenvalue weighted by Gasteiger charge is 2.39. The molecule has 0 spiro atoms. The Bertz CT molecular complexity index is 281. The fraction of sp³-hybridized carbons (Fsp3) is 0.857. The third-order valence-corrected chi connectivity index (χ3v) is 3.54. The van der Waals surface area contributed by atoms with Gasteiger partial charge in [0.25, 0.3) is 0 Å². The standard InChI is InChI=1S/C14H25NO3/c1-4-6-11(7-5-2)13(16)12(10-8-9-10)15-14(17)18-3/h10-12H,4-9H2,1-3H3,(H,15,17)/t12-/m0/s1. The van der Waals surface area contributed by atoms with Gasteiger partial charge in [-0.3, -0.25) is 4.79 Å². The average Bonchev–Trinajstić information content (AvgIpc) is 3.18. The first-order chi connectivity index (χ1) is 8.63. The first kappa shape index (κ1) is 15.0. The number of ketones is 1. The molecule has 1 rings (SSSR count). The zero-order valence-electron chi connectivity index (χ0n) is 11.7. The van der Waals surface area contributed by atoms with Crippen molar-refractivity contribution in [3.8, 4) is 0 Å². The molecule has 0 aliphatic heterocycles. The van der Waals surface area contributed by atoms with E-state index in [2.05, 4.69) is 23.9 Å². The van der Waals surface area contributed by atoms with Gasteiger partial charge in [0.2, 0.25) is 0 Å². The Morgan fingerprint density at radius 3 is 2.17 bits per heavy atom. The fourth-order valence-electron chi connectivity index (χ4n) is 2.42. The molecular weight excluding hydrogens is 230 g/mol. The zero-order chi connectivity index (χ0) is 13.5. The summed E-state index contributed by atoms with van der Waals surface area (Å²) in [6.45, 7) is 4.19. The largest absolute Gasteiger partial charge is 0.453 e. The lowest BCUT2D eigenvalue weighted by Gasteiger charge is -2.22. The maximum Gasteiger partial charge on any atom is 0.407 e. The van der Waals surface area contributed by atoms with Crippen molar-refractivity contribution in [2.24, 2.45) is 11.8 Å². The van der Waals surface area contributed by atoms with Gasteiger partial charge >= 0.3 is 6.09 Å². The van der Waals surface area contributed by atoms with Gasteiger partial charge in [0.15, 0.2) is 5.78 Å². The molecule has 1 saturated carbocycles. The third-order valence-electron chi connectivity index (χ3n) is 3.54. The van der Waals surface area contributed by atoms with Crippen molar-refractivity contribution >= 4 is 11.9 Å². The maximum absolute atomic E-state index is 12.5. The molecule has 0 radical (unpaired) electrons. The lowest BCUT2D eigenvalue weighted by molar-refractivity contribution is -0.125. The predicted molar refractivity (Wildman–Crippen MR) is 70.4 cm³/mol. The van der Waals surface area contributed by atoms with Gasteiger partial charge in [0, 0.05) is 5.92 Å². The van der Waals surface area contributed by atoms with E-state index in [0.717, 1.165) is 38.5 Å². The lowest BCUT2D eigenvalue weighted by atomic mass is 9.88. The number of methoxy groups -OCH3 is 1. The van der Waals surface area contributed by atoms with Crippen molar-refractivity contribution in [1.29, 1.82) is 0 Å². The first-order valence-electron chi connectivity index (χ1n) is 7.02. The summed E-state index contributed by atoms with van der Waals surface area (Å²) >= 11 is 0. The number of alkyl carbamates (subject to hydrolysis) is 1. The summed E-state index contributed by atoms with van der Waals surface area (Å²) in [4.78, 5) is 23.8. The van der Waals surface area contributed by atoms with Crippen molar-refractivity contribution in [3.05, 3.63) is 0 Å². The SMILES string of the molecule is CCCC(CCC)C(=O)[C@@H](NC(=O)OC)C1CC1. The molecular formula is C14H25NO3. The Morgan fingerprint density at radius 1 is 1.22 bits per heavy atom. The molecule has 1 aliphatic rings. The number of hydrogen-bond donors (Lipinski definition) is 1. The highest BCUT2D eigenvalue weighted by Crippen LogP contribution is 2.35. The van der Waals surface area contributed by atoms with Gasteiger partial charge in [-0.15, -0.1) is 0 Å². The molecule has 0 saturated heterocycles. The smallest absolute Gasteiger partial charge is 0.407 e. The fourth-order valence-corrected chi connectivity index (χ4v) is 2.42. The summed E-state index contributed by atoms with van der Waals surface area (Å²) < 4.78 is 4.61. The van der Waals surface area contributed by atoms with Crippen molar-refractivity contribution in [2.75, 3.05) is 7.11 Å². The number of hydrogen-bond acceptors (Lipinski definition) is 3. The molecule has 4 nitrogen and oxygen atoms in total. The quantitative estimate of drug-likeness (QED) is 0.725. The Labute approximate surface area is 109 Å². The molecule has 0 aromatic heterocycles. The van der Waals surface area contributed by atoms with Crippen LogP contribution < -0.4 is 5.32 Å². The molecule has 1 fully saturated rings. The number of rotatable bonds is 8. The monoisotopic (exact) mass is 255 g/mol. The van der Waals surface area contributed by atoms with E-state index in [1.807, 2.05) is 0 Å². The number of nitrogens with one attached hydrogen (secondary N) is 1. The van der Waals surface area contributed by atoms with Gasteiger partial charge < -0.3 is 10.1 Å². The maximum atomic E-state index is 12.5. The summed E-state index contributed by atoms with van der Waals surface area (Å²) in [5.74, 6) is 0.613. The molecule has 18 heavy (non-hydrogen) atoms. The number of carbonyl (C=O) groups is 2. The summed E-state index contributed by atoms with van der Waals surface area (Å²) in [6, 6.07) is -0.333. The van der Waals surface area contributed by atoms with E-state index in [9.17, 15) is 9.59 Å². The van der Waals surface area contributed by atoms with Gasteiger partial charge in [-0.25, -0.2) is 4.79 Å². The van der Waals surface area contributed by atoms with Crippen LogP contribution in [0.5, 0.6) is 0 Å².